The summed E-state index contributed by atoms with van der Waals surface area (Å²) >= 11 is 0. The first-order valence-electron chi connectivity index (χ1n) is 17.0. The van der Waals surface area contributed by atoms with Crippen molar-refractivity contribution in [3.63, 3.8) is 0 Å². The molecule has 6 nitrogen and oxygen atoms in total. The molecule has 0 spiro atoms. The zero-order valence-corrected chi connectivity index (χ0v) is 30.9. The molecule has 0 radical (unpaired) electrons. The molecule has 0 atom stereocenters. The molecule has 8 rings (SSSR count). The Balaban J connectivity index is 0.00000435. The van der Waals surface area contributed by atoms with Gasteiger partial charge in [0.2, 0.25) is 0 Å². The summed E-state index contributed by atoms with van der Waals surface area (Å²) in [6, 6.07) is 61.7. The van der Waals surface area contributed by atoms with Crippen molar-refractivity contribution in [3.05, 3.63) is 222 Å². The molecule has 0 aromatic heterocycles. The summed E-state index contributed by atoms with van der Waals surface area (Å²) in [4.78, 5) is 12.6. The van der Waals surface area contributed by atoms with Crippen LogP contribution in [0, 0.1) is 43.4 Å². The van der Waals surface area contributed by atoms with Crippen LogP contribution in [0.25, 0.3) is 27.6 Å². The first-order valence-corrected chi connectivity index (χ1v) is 17.0. The number of hydrogen-bond acceptors (Lipinski definition) is 5. The van der Waals surface area contributed by atoms with Gasteiger partial charge in [0.05, 0.1) is 18.3 Å². The van der Waals surface area contributed by atoms with E-state index < -0.39 is 0 Å². The van der Waals surface area contributed by atoms with Gasteiger partial charge >= 0.3 is 21.1 Å². The summed E-state index contributed by atoms with van der Waals surface area (Å²) < 4.78 is 0. The SMILES string of the molecule is [C-]#[N+]c1cc[c-]c(N2[CH-]N(CCN3[CH-]N(c4[c-]ccc(C#N)c4)C(c4ccccc4)=C3c3ccccc3)C(c3ccccc3)=C2c2ccccc2)c1.[Pt+4]. The van der Waals surface area contributed by atoms with Crippen LogP contribution in [0.2, 0.25) is 0 Å². The van der Waals surface area contributed by atoms with E-state index in [9.17, 15) is 5.26 Å². The number of hydrogen-bond donors (Lipinski definition) is 0. The normalized spacial score (nSPS) is 13.9. The van der Waals surface area contributed by atoms with Crippen LogP contribution in [0.3, 0.4) is 0 Å². The van der Waals surface area contributed by atoms with Crippen molar-refractivity contribution in [2.24, 2.45) is 0 Å². The average Bonchev–Trinajstić information content (AvgIpc) is 3.81. The Morgan fingerprint density at radius 3 is 1.36 bits per heavy atom. The molecule has 2 aliphatic rings. The van der Waals surface area contributed by atoms with Gasteiger partial charge < -0.3 is 19.6 Å². The molecule has 256 valence electrons. The Hall–Kier alpha value is -6.33. The standard InChI is InChI=1S/C46H32N6.Pt/c1-48-40-25-15-27-42(31-40)52-34-50(44(37-19-8-3-9-20-37)46(52)39-23-12-5-13-24-39)29-28-49-33-51(41-26-14-16-35(30-41)32-47)45(38-21-10-4-11-22-38)43(49)36-17-6-2-7-18-36;/h2-25,30-31,33-34H,28-29H2;/q-4;+4. The van der Waals surface area contributed by atoms with Crippen LogP contribution in [0.15, 0.2) is 158 Å². The molecule has 0 N–H and O–H groups in total. The number of nitriles is 1. The zero-order valence-electron chi connectivity index (χ0n) is 28.6. The summed E-state index contributed by atoms with van der Waals surface area (Å²) in [6.45, 7) is 13.2. The predicted molar refractivity (Wildman–Crippen MR) is 208 cm³/mol. The van der Waals surface area contributed by atoms with Crippen LogP contribution in [0.4, 0.5) is 17.1 Å². The first-order chi connectivity index (χ1) is 25.7. The minimum atomic E-state index is 0. The van der Waals surface area contributed by atoms with Crippen LogP contribution in [-0.4, -0.2) is 22.9 Å². The third-order valence-electron chi connectivity index (χ3n) is 9.12. The second-order valence-corrected chi connectivity index (χ2v) is 12.3. The van der Waals surface area contributed by atoms with Crippen molar-refractivity contribution in [1.82, 2.24) is 9.80 Å². The molecule has 2 heterocycles. The Kier molecular flexibility index (Phi) is 10.5. The van der Waals surface area contributed by atoms with Gasteiger partial charge in [0.1, 0.15) is 0 Å². The number of anilines is 2. The first kappa shape index (κ1) is 35.1. The van der Waals surface area contributed by atoms with Crippen LogP contribution in [-0.2, 0) is 21.1 Å². The minimum Gasteiger partial charge on any atom is -0.500 e. The monoisotopic (exact) mass is 863 g/mol. The van der Waals surface area contributed by atoms with Gasteiger partial charge in [0, 0.05) is 35.9 Å². The van der Waals surface area contributed by atoms with Gasteiger partial charge in [-0.1, -0.05) is 127 Å². The molecule has 0 unspecified atom stereocenters. The van der Waals surface area contributed by atoms with Gasteiger partial charge in [-0.25, -0.2) is 0 Å². The van der Waals surface area contributed by atoms with Crippen LogP contribution >= 0.6 is 0 Å². The van der Waals surface area contributed by atoms with Crippen LogP contribution in [0.1, 0.15) is 27.8 Å². The van der Waals surface area contributed by atoms with E-state index in [1.165, 1.54) is 0 Å². The van der Waals surface area contributed by atoms with E-state index in [0.29, 0.717) is 24.3 Å². The molecule has 6 aromatic rings. The molecule has 2 aliphatic heterocycles. The molecule has 0 fully saturated rings. The van der Waals surface area contributed by atoms with E-state index in [2.05, 4.69) is 153 Å². The fraction of sp³-hybridized carbons (Fsp3) is 0.0435. The largest absolute Gasteiger partial charge is 4.00 e. The number of benzene rings is 6. The Labute approximate surface area is 325 Å². The maximum absolute atomic E-state index is 9.78. The third-order valence-corrected chi connectivity index (χ3v) is 9.12. The molecule has 6 aromatic carbocycles. The topological polar surface area (TPSA) is 41.1 Å². The predicted octanol–water partition coefficient (Wildman–Crippen LogP) is 9.94. The van der Waals surface area contributed by atoms with Crippen LogP contribution < -0.4 is 9.80 Å². The van der Waals surface area contributed by atoms with Gasteiger partial charge in [0.25, 0.3) is 0 Å². The summed E-state index contributed by atoms with van der Waals surface area (Å²) in [5, 5.41) is 9.78. The van der Waals surface area contributed by atoms with E-state index in [0.717, 1.165) is 56.4 Å². The minimum absolute atomic E-state index is 0. The molecule has 0 saturated carbocycles. The van der Waals surface area contributed by atoms with Gasteiger partial charge in [0.15, 0.2) is 0 Å². The quantitative estimate of drug-likeness (QED) is 0.136. The fourth-order valence-corrected chi connectivity index (χ4v) is 6.78. The molecule has 0 aliphatic carbocycles. The van der Waals surface area contributed by atoms with Gasteiger partial charge in [-0.3, -0.25) is 4.85 Å². The van der Waals surface area contributed by atoms with E-state index in [-0.39, 0.29) is 21.1 Å². The molecular formula is C46H32N6Pt. The maximum Gasteiger partial charge on any atom is 4.00 e. The summed E-state index contributed by atoms with van der Waals surface area (Å²) in [6.07, 6.45) is 0. The van der Waals surface area contributed by atoms with E-state index in [1.807, 2.05) is 48.5 Å². The van der Waals surface area contributed by atoms with Crippen molar-refractivity contribution in [1.29, 1.82) is 5.26 Å². The second kappa shape index (κ2) is 15.9. The summed E-state index contributed by atoms with van der Waals surface area (Å²) in [5.74, 6) is 0. The van der Waals surface area contributed by atoms with Gasteiger partial charge in [-0.05, 0) is 22.3 Å². The molecule has 53 heavy (non-hydrogen) atoms. The fourth-order valence-electron chi connectivity index (χ4n) is 6.78. The molecule has 0 bridgehead atoms. The smallest absolute Gasteiger partial charge is 0.500 e. The molecule has 0 saturated heterocycles. The molecule has 7 heteroatoms. The van der Waals surface area contributed by atoms with Gasteiger partial charge in [-0.15, -0.1) is 23.5 Å². The molecule has 0 amide bonds. The summed E-state index contributed by atoms with van der Waals surface area (Å²) in [5.41, 5.74) is 11.2. The Morgan fingerprint density at radius 2 is 0.943 bits per heavy atom. The van der Waals surface area contributed by atoms with Crippen LogP contribution in [0.5, 0.6) is 0 Å². The van der Waals surface area contributed by atoms with E-state index in [4.69, 9.17) is 6.57 Å². The number of nitrogens with zero attached hydrogens (tertiary/aromatic N) is 6. The second-order valence-electron chi connectivity index (χ2n) is 12.3. The van der Waals surface area contributed by atoms with Gasteiger partial charge in [-0.2, -0.15) is 55.0 Å². The van der Waals surface area contributed by atoms with Crippen molar-refractivity contribution < 1.29 is 21.1 Å². The zero-order chi connectivity index (χ0) is 35.3. The van der Waals surface area contributed by atoms with Crippen molar-refractivity contribution in [2.75, 3.05) is 22.9 Å². The summed E-state index contributed by atoms with van der Waals surface area (Å²) in [7, 11) is 0. The van der Waals surface area contributed by atoms with E-state index in [1.54, 1.807) is 12.1 Å². The number of rotatable bonds is 9. The average molecular weight is 864 g/mol. The van der Waals surface area contributed by atoms with E-state index >= 15 is 0 Å². The maximum atomic E-state index is 9.78. The Morgan fingerprint density at radius 1 is 0.547 bits per heavy atom. The Bertz CT molecular complexity index is 2180. The third kappa shape index (κ3) is 7.11. The van der Waals surface area contributed by atoms with Crippen molar-refractivity contribution >= 4 is 39.9 Å². The molecular weight excluding hydrogens is 832 g/mol. The van der Waals surface area contributed by atoms with Crippen molar-refractivity contribution in [3.8, 4) is 6.07 Å². The van der Waals surface area contributed by atoms with Crippen molar-refractivity contribution in [2.45, 2.75) is 0 Å².